The molecule has 0 saturated carbocycles. The summed E-state index contributed by atoms with van der Waals surface area (Å²) in [5, 5.41) is 19.2. The second kappa shape index (κ2) is 16.6. The van der Waals surface area contributed by atoms with Crippen molar-refractivity contribution in [3.8, 4) is 0 Å². The average Bonchev–Trinajstić information content (AvgIpc) is 3.08. The van der Waals surface area contributed by atoms with E-state index in [0.29, 0.717) is 20.8 Å². The summed E-state index contributed by atoms with van der Waals surface area (Å²) >= 11 is 0. The molecule has 2 aliphatic rings. The number of carbonyl (C=O) groups is 2. The van der Waals surface area contributed by atoms with Gasteiger partial charge >= 0.3 is 72.4 Å². The predicted octanol–water partition coefficient (Wildman–Crippen LogP) is 10.6. The SMILES string of the molecule is CCC1(C(F)(F)F)CC(CC)(OC(=O)C(C)(CC)C(F)(F)F)C(F)(F)C(O)(C(F)(F)F)O1.CCC1(OC(=O)C(C)(CC)C(F)(F)F)CC(C(F)(F)F)OC(O)(C(F)(F)F)C1(F)F. The molecule has 0 aromatic rings. The van der Waals surface area contributed by atoms with Crippen molar-refractivity contribution < 1.29 is 135 Å². The summed E-state index contributed by atoms with van der Waals surface area (Å²) in [4.78, 5) is 24.4. The lowest BCUT2D eigenvalue weighted by Gasteiger charge is -2.57. The van der Waals surface area contributed by atoms with Crippen LogP contribution >= 0.6 is 0 Å². The largest absolute Gasteiger partial charge is 0.452 e. The lowest BCUT2D eigenvalue weighted by molar-refractivity contribution is -0.519. The van der Waals surface area contributed by atoms with E-state index in [9.17, 15) is 108 Å². The Bertz CT molecular complexity index is 1610. The number of ether oxygens (including phenoxy) is 4. The van der Waals surface area contributed by atoms with Crippen molar-refractivity contribution >= 4 is 11.9 Å². The van der Waals surface area contributed by atoms with E-state index >= 15 is 8.78 Å². The summed E-state index contributed by atoms with van der Waals surface area (Å²) in [5.41, 5.74) is -19.5. The second-order valence-electron chi connectivity index (χ2n) is 14.8. The third kappa shape index (κ3) is 8.82. The van der Waals surface area contributed by atoms with Gasteiger partial charge in [0.1, 0.15) is 0 Å². The fourth-order valence-electron chi connectivity index (χ4n) is 6.11. The maximum atomic E-state index is 15.1. The molecule has 0 aromatic carbocycles. The molecule has 0 spiro atoms. The first-order valence-electron chi connectivity index (χ1n) is 17.5. The number of halogens is 22. The minimum absolute atomic E-state index is 0.188. The first-order chi connectivity index (χ1) is 27.0. The molecule has 0 bridgehead atoms. The maximum Gasteiger partial charge on any atom is 0.449 e. The zero-order valence-electron chi connectivity index (χ0n) is 32.7. The number of carbonyl (C=O) groups excluding carboxylic acids is 2. The van der Waals surface area contributed by atoms with E-state index < -0.39 is 151 Å². The van der Waals surface area contributed by atoms with Crippen LogP contribution < -0.4 is 0 Å². The van der Waals surface area contributed by atoms with Crippen molar-refractivity contribution in [2.75, 3.05) is 0 Å². The second-order valence-corrected chi connectivity index (χ2v) is 14.8. The van der Waals surface area contributed by atoms with Crippen LogP contribution in [-0.2, 0) is 28.5 Å². The molecular weight excluding hydrogens is 930 g/mol. The van der Waals surface area contributed by atoms with Gasteiger partial charge in [-0.3, -0.25) is 9.59 Å². The molecule has 368 valence electrons. The normalized spacial score (nSPS) is 33.0. The van der Waals surface area contributed by atoms with E-state index in [1.165, 1.54) is 0 Å². The van der Waals surface area contributed by atoms with Crippen LogP contribution in [0.5, 0.6) is 0 Å². The van der Waals surface area contributed by atoms with E-state index in [1.54, 1.807) is 0 Å². The third-order valence-corrected chi connectivity index (χ3v) is 11.2. The Balaban J connectivity index is 0.000000621. The topological polar surface area (TPSA) is 112 Å². The minimum Gasteiger partial charge on any atom is -0.452 e. The minimum atomic E-state index is -6.56. The zero-order chi connectivity index (χ0) is 50.0. The molecule has 30 heteroatoms. The van der Waals surface area contributed by atoms with Crippen molar-refractivity contribution in [3.63, 3.8) is 0 Å². The number of aliphatic hydroxyl groups is 2. The van der Waals surface area contributed by atoms with Gasteiger partial charge in [0.2, 0.25) is 0 Å². The number of rotatable bonds is 9. The Morgan fingerprint density at radius 3 is 1.16 bits per heavy atom. The van der Waals surface area contributed by atoms with E-state index in [4.69, 9.17) is 0 Å². The van der Waals surface area contributed by atoms with Crippen LogP contribution in [0, 0.1) is 10.8 Å². The summed E-state index contributed by atoms with van der Waals surface area (Å²) in [6.07, 6.45) is -50.4. The Morgan fingerprint density at radius 1 is 0.565 bits per heavy atom. The van der Waals surface area contributed by atoms with Crippen molar-refractivity contribution in [3.05, 3.63) is 0 Å². The van der Waals surface area contributed by atoms with Gasteiger partial charge in [0.15, 0.2) is 33.7 Å². The van der Waals surface area contributed by atoms with Gasteiger partial charge in [-0.15, -0.1) is 0 Å². The van der Waals surface area contributed by atoms with Gasteiger partial charge in [-0.25, -0.2) is 0 Å². The van der Waals surface area contributed by atoms with Crippen LogP contribution in [0.4, 0.5) is 96.6 Å². The molecule has 8 unspecified atom stereocenters. The van der Waals surface area contributed by atoms with E-state index in [-0.39, 0.29) is 13.8 Å². The lowest BCUT2D eigenvalue weighted by atomic mass is 9.72. The summed E-state index contributed by atoms with van der Waals surface area (Å²) in [7, 11) is 0. The van der Waals surface area contributed by atoms with Crippen molar-refractivity contribution in [2.24, 2.45) is 10.8 Å². The van der Waals surface area contributed by atoms with Gasteiger partial charge in [-0.2, -0.15) is 96.6 Å². The quantitative estimate of drug-likeness (QED) is 0.174. The Kier molecular flexibility index (Phi) is 15.3. The Morgan fingerprint density at radius 2 is 0.903 bits per heavy atom. The van der Waals surface area contributed by atoms with Crippen LogP contribution in [-0.4, -0.2) is 106 Å². The highest BCUT2D eigenvalue weighted by Crippen LogP contribution is 2.63. The molecule has 0 amide bonds. The maximum absolute atomic E-state index is 15.1. The molecule has 2 rings (SSSR count). The Labute approximate surface area is 335 Å². The summed E-state index contributed by atoms with van der Waals surface area (Å²) < 4.78 is 315. The van der Waals surface area contributed by atoms with E-state index in [0.717, 1.165) is 13.8 Å². The summed E-state index contributed by atoms with van der Waals surface area (Å²) in [6, 6.07) is 0. The number of hydrogen-bond donors (Lipinski definition) is 2. The van der Waals surface area contributed by atoms with E-state index in [1.807, 2.05) is 0 Å². The molecule has 2 heterocycles. The first-order valence-corrected chi connectivity index (χ1v) is 17.5. The number of esters is 2. The highest BCUT2D eigenvalue weighted by molar-refractivity contribution is 5.78. The summed E-state index contributed by atoms with van der Waals surface area (Å²) in [6.45, 7) is 3.69. The van der Waals surface area contributed by atoms with Gasteiger partial charge in [0.05, 0.1) is 0 Å². The lowest BCUT2D eigenvalue weighted by Crippen LogP contribution is -2.79. The molecular formula is C32H38F22O8. The molecule has 62 heavy (non-hydrogen) atoms. The highest BCUT2D eigenvalue weighted by Gasteiger charge is 2.87. The van der Waals surface area contributed by atoms with Crippen LogP contribution in [0.15, 0.2) is 0 Å². The zero-order valence-corrected chi connectivity index (χ0v) is 32.7. The van der Waals surface area contributed by atoms with Crippen molar-refractivity contribution in [1.29, 1.82) is 0 Å². The highest BCUT2D eigenvalue weighted by atomic mass is 19.4. The molecule has 2 fully saturated rings. The summed E-state index contributed by atoms with van der Waals surface area (Å²) in [5.74, 6) is -28.3. The van der Waals surface area contributed by atoms with Gasteiger partial charge in [-0.1, -0.05) is 34.6 Å². The fraction of sp³-hybridized carbons (Fsp3) is 0.938. The number of hydrogen-bond acceptors (Lipinski definition) is 8. The number of alkyl halides is 22. The van der Waals surface area contributed by atoms with Crippen LogP contribution in [0.2, 0.25) is 0 Å². The van der Waals surface area contributed by atoms with Crippen molar-refractivity contribution in [1.82, 2.24) is 0 Å². The molecule has 2 N–H and O–H groups in total. The van der Waals surface area contributed by atoms with Gasteiger partial charge < -0.3 is 29.2 Å². The predicted molar refractivity (Wildman–Crippen MR) is 159 cm³/mol. The van der Waals surface area contributed by atoms with Crippen LogP contribution in [0.3, 0.4) is 0 Å². The molecule has 2 aliphatic heterocycles. The van der Waals surface area contributed by atoms with Crippen LogP contribution in [0.1, 0.15) is 93.4 Å². The molecule has 2 saturated heterocycles. The van der Waals surface area contributed by atoms with Gasteiger partial charge in [0, 0.05) is 12.8 Å². The monoisotopic (exact) mass is 968 g/mol. The van der Waals surface area contributed by atoms with Gasteiger partial charge in [0.25, 0.3) is 0 Å². The standard InChI is InChI=1S/C17H21F11O4.C15H17F11O4/c1-5-10(4,15(20,21)22)9(29)31-11(6-2)8-12(7-3,16(23,24)25)32-14(30,13(11,18)19)17(26,27)28;1-4-9(3,14(21,22)23)8(27)30-10(5-2)6-7(11(16,17)18)29-13(28,12(10,19)20)15(24,25)26/h30H,5-8H2,1-4H3;7,28H,4-6H2,1-3H3. The van der Waals surface area contributed by atoms with Crippen LogP contribution in [0.25, 0.3) is 0 Å². The molecule has 8 atom stereocenters. The molecule has 0 aliphatic carbocycles. The molecule has 8 nitrogen and oxygen atoms in total. The average molecular weight is 969 g/mol. The van der Waals surface area contributed by atoms with Crippen molar-refractivity contribution in [2.45, 2.75) is 177 Å². The third-order valence-electron chi connectivity index (χ3n) is 11.2. The van der Waals surface area contributed by atoms with E-state index in [2.05, 4.69) is 18.9 Å². The first kappa shape index (κ1) is 57.3. The fourth-order valence-corrected chi connectivity index (χ4v) is 6.11. The Hall–Kier alpha value is -2.76. The van der Waals surface area contributed by atoms with Gasteiger partial charge in [-0.05, 0) is 46.0 Å². The molecule has 0 aromatic heterocycles. The molecule has 0 radical (unpaired) electrons. The smallest absolute Gasteiger partial charge is 0.449 e.